The Morgan fingerprint density at radius 1 is 1.02 bits per heavy atom. The number of hydrogen-bond donors (Lipinski definition) is 2. The Morgan fingerprint density at radius 3 is 2.32 bits per heavy atom. The third-order valence-corrected chi connectivity index (χ3v) is 6.71. The minimum absolute atomic E-state index is 0.195. The van der Waals surface area contributed by atoms with Crippen molar-refractivity contribution in [3.63, 3.8) is 0 Å². The maximum Gasteiger partial charge on any atom is 0.252 e. The number of rotatable bonds is 11. The first-order chi connectivity index (χ1) is 21.2. The van der Waals surface area contributed by atoms with E-state index in [1.807, 2.05) is 20.8 Å². The molecule has 0 radical (unpaired) electrons. The van der Waals surface area contributed by atoms with Crippen molar-refractivity contribution < 1.29 is 28.6 Å². The highest BCUT2D eigenvalue weighted by Gasteiger charge is 2.24. The van der Waals surface area contributed by atoms with Crippen LogP contribution in [0.5, 0.6) is 5.75 Å². The summed E-state index contributed by atoms with van der Waals surface area (Å²) in [6.07, 6.45) is 2.38. The van der Waals surface area contributed by atoms with Crippen LogP contribution in [-0.2, 0) is 14.3 Å². The summed E-state index contributed by atoms with van der Waals surface area (Å²) in [5, 5.41) is 4.00. The number of ketones is 1. The average molecular weight is 626 g/mol. The van der Waals surface area contributed by atoms with Gasteiger partial charge in [-0.3, -0.25) is 23.7 Å². The minimum Gasteiger partial charge on any atom is -0.495 e. The molecule has 0 aliphatic rings. The van der Waals surface area contributed by atoms with Crippen LogP contribution in [-0.4, -0.2) is 62.1 Å². The van der Waals surface area contributed by atoms with Crippen LogP contribution in [0.4, 0.5) is 5.69 Å². The number of anilines is 1. The summed E-state index contributed by atoms with van der Waals surface area (Å²) in [5.41, 5.74) is 2.44. The lowest BCUT2D eigenvalue weighted by atomic mass is 9.97. The molecule has 10 nitrogen and oxygen atoms in total. The van der Waals surface area contributed by atoms with Gasteiger partial charge in [-0.1, -0.05) is 25.4 Å². The number of methoxy groups -OCH3 is 3. The summed E-state index contributed by atoms with van der Waals surface area (Å²) in [7, 11) is 4.63. The number of fused-ring (bicyclic) bond motifs is 1. The van der Waals surface area contributed by atoms with Gasteiger partial charge in [0, 0.05) is 72.7 Å². The molecular formula is C33H40ClN3O7. The first-order valence-electron chi connectivity index (χ1n) is 14.1. The molecule has 4 aromatic rings. The molecule has 1 atom stereocenters. The van der Waals surface area contributed by atoms with Crippen molar-refractivity contribution in [3.8, 4) is 16.9 Å². The van der Waals surface area contributed by atoms with E-state index in [2.05, 4.69) is 15.0 Å². The molecule has 2 N–H and O–H groups in total. The second kappa shape index (κ2) is 17.8. The molecule has 2 aromatic heterocycles. The monoisotopic (exact) mass is 625 g/mol. The van der Waals surface area contributed by atoms with Crippen LogP contribution in [0, 0.1) is 0 Å². The van der Waals surface area contributed by atoms with Gasteiger partial charge >= 0.3 is 0 Å². The summed E-state index contributed by atoms with van der Waals surface area (Å²) >= 11 is 6.19. The van der Waals surface area contributed by atoms with Crippen LogP contribution in [0.15, 0.2) is 59.5 Å². The molecule has 0 fully saturated rings. The van der Waals surface area contributed by atoms with E-state index in [0.717, 1.165) is 17.5 Å². The fraction of sp³-hybridized carbons (Fsp3) is 0.333. The van der Waals surface area contributed by atoms with Crippen molar-refractivity contribution >= 4 is 46.2 Å². The molecular weight excluding hydrogens is 586 g/mol. The van der Waals surface area contributed by atoms with E-state index in [9.17, 15) is 19.2 Å². The fourth-order valence-corrected chi connectivity index (χ4v) is 4.51. The van der Waals surface area contributed by atoms with Crippen LogP contribution >= 0.6 is 11.6 Å². The molecule has 1 amide bonds. The van der Waals surface area contributed by atoms with E-state index < -0.39 is 17.5 Å². The maximum atomic E-state index is 13.4. The molecule has 0 saturated carbocycles. The lowest BCUT2D eigenvalue weighted by Gasteiger charge is -2.21. The number of pyridine rings is 1. The molecule has 4 rings (SSSR count). The third kappa shape index (κ3) is 9.12. The smallest absolute Gasteiger partial charge is 0.252 e. The van der Waals surface area contributed by atoms with E-state index in [1.54, 1.807) is 49.6 Å². The molecule has 2 heterocycles. The van der Waals surface area contributed by atoms with E-state index in [4.69, 9.17) is 21.1 Å². The van der Waals surface area contributed by atoms with Crippen molar-refractivity contribution in [2.75, 3.05) is 39.9 Å². The number of Topliss-reactive ketones (excluding diaryl/α,β-unsaturated/α-hetero) is 1. The van der Waals surface area contributed by atoms with Gasteiger partial charge in [-0.25, -0.2) is 0 Å². The Morgan fingerprint density at radius 2 is 1.73 bits per heavy atom. The van der Waals surface area contributed by atoms with E-state index in [1.165, 1.54) is 38.0 Å². The molecule has 0 spiro atoms. The Kier molecular flexibility index (Phi) is 14.5. The topological polar surface area (TPSA) is 129 Å². The molecule has 236 valence electrons. The van der Waals surface area contributed by atoms with Crippen LogP contribution in [0.1, 0.15) is 61.0 Å². The number of aromatic nitrogens is 2. The molecule has 0 aliphatic heterocycles. The highest BCUT2D eigenvalue weighted by Crippen LogP contribution is 2.34. The van der Waals surface area contributed by atoms with E-state index in [0.29, 0.717) is 45.1 Å². The highest BCUT2D eigenvalue weighted by atomic mass is 35.5. The van der Waals surface area contributed by atoms with Gasteiger partial charge in [-0.05, 0) is 61.9 Å². The number of H-pyrrole nitrogens is 1. The van der Waals surface area contributed by atoms with Gasteiger partial charge in [-0.2, -0.15) is 0 Å². The van der Waals surface area contributed by atoms with Gasteiger partial charge in [0.15, 0.2) is 12.1 Å². The number of aromatic amines is 1. The largest absolute Gasteiger partial charge is 0.495 e. The number of hydrogen-bond acceptors (Lipinski definition) is 7. The number of aldehydes is 1. The summed E-state index contributed by atoms with van der Waals surface area (Å²) < 4.78 is 16.6. The minimum atomic E-state index is -0.926. The molecule has 0 saturated heterocycles. The van der Waals surface area contributed by atoms with E-state index >= 15 is 0 Å². The second-order valence-electron chi connectivity index (χ2n) is 9.26. The highest BCUT2D eigenvalue weighted by molar-refractivity contribution is 6.31. The van der Waals surface area contributed by atoms with Crippen molar-refractivity contribution in [1.29, 1.82) is 0 Å². The lowest BCUT2D eigenvalue weighted by molar-refractivity contribution is -0.119. The van der Waals surface area contributed by atoms with Crippen molar-refractivity contribution in [2.24, 2.45) is 0 Å². The predicted molar refractivity (Wildman–Crippen MR) is 174 cm³/mol. The fourth-order valence-electron chi connectivity index (χ4n) is 4.34. The Balaban J connectivity index is 0.00000104. The van der Waals surface area contributed by atoms with Crippen LogP contribution in [0.25, 0.3) is 22.0 Å². The van der Waals surface area contributed by atoms with Crippen LogP contribution < -0.4 is 15.6 Å². The van der Waals surface area contributed by atoms with Gasteiger partial charge < -0.3 is 24.5 Å². The number of carbonyl (C=O) groups excluding carboxylic acids is 3. The van der Waals surface area contributed by atoms with Crippen LogP contribution in [0.2, 0.25) is 5.02 Å². The molecule has 2 aromatic carbocycles. The number of nitrogens with zero attached hydrogens (tertiary/aromatic N) is 1. The number of amides is 1. The van der Waals surface area contributed by atoms with Gasteiger partial charge in [0.05, 0.1) is 19.0 Å². The number of ether oxygens (including phenoxy) is 3. The third-order valence-electron chi connectivity index (χ3n) is 6.47. The summed E-state index contributed by atoms with van der Waals surface area (Å²) in [4.78, 5) is 53.1. The first-order valence-corrected chi connectivity index (χ1v) is 14.5. The van der Waals surface area contributed by atoms with Gasteiger partial charge in [0.1, 0.15) is 11.8 Å². The molecule has 1 unspecified atom stereocenters. The van der Waals surface area contributed by atoms with Gasteiger partial charge in [0.2, 0.25) is 5.91 Å². The number of nitrogens with one attached hydrogen (secondary N) is 2. The maximum absolute atomic E-state index is 13.4. The van der Waals surface area contributed by atoms with Crippen molar-refractivity contribution in [3.05, 3.63) is 81.4 Å². The first kappa shape index (κ1) is 35.9. The SMILES string of the molecule is CC.CCOC.COCCC(C(=O)Nc1ccc2[nH]c(C=O)cc2c1)n1cc(OC)c(-c2cc(Cl)ccc2C(C)=O)cc1=O. The zero-order chi connectivity index (χ0) is 32.8. The zero-order valence-electron chi connectivity index (χ0n) is 26.2. The van der Waals surface area contributed by atoms with Crippen molar-refractivity contribution in [2.45, 2.75) is 40.2 Å². The average Bonchev–Trinajstić information content (AvgIpc) is 3.45. The molecule has 11 heteroatoms. The van der Waals surface area contributed by atoms with Crippen LogP contribution in [0.3, 0.4) is 0 Å². The lowest BCUT2D eigenvalue weighted by Crippen LogP contribution is -2.34. The Labute approximate surface area is 262 Å². The van der Waals surface area contributed by atoms with E-state index in [-0.39, 0.29) is 18.8 Å². The number of benzene rings is 2. The van der Waals surface area contributed by atoms with Gasteiger partial charge in [-0.15, -0.1) is 0 Å². The quantitative estimate of drug-likeness (QED) is 0.142. The standard InChI is InChI=1S/C28H26ClN3O6.C3H8O.C2H6/c1-16(34)21-6-4-18(29)12-22(21)23-13-27(35)32(14-26(23)38-3)25(8-9-37-2)28(36)31-19-5-7-24-17(10-19)11-20(15-33)30-24;1-3-4-2;1-2/h4-7,10-15,25,30H,8-9H2,1-3H3,(H,31,36);3H2,1-2H3;1-2H3. The summed E-state index contributed by atoms with van der Waals surface area (Å²) in [5.74, 6) is -0.337. The Hall–Kier alpha value is -4.25. The Bertz CT molecular complexity index is 1630. The van der Waals surface area contributed by atoms with Crippen molar-refractivity contribution in [1.82, 2.24) is 9.55 Å². The summed E-state index contributed by atoms with van der Waals surface area (Å²) in [6, 6.07) is 12.1. The predicted octanol–water partition coefficient (Wildman–Crippen LogP) is 6.57. The number of halogens is 1. The molecule has 44 heavy (non-hydrogen) atoms. The second-order valence-corrected chi connectivity index (χ2v) is 9.69. The zero-order valence-corrected chi connectivity index (χ0v) is 26.9. The summed E-state index contributed by atoms with van der Waals surface area (Å²) in [6.45, 7) is 8.42. The number of carbonyl (C=O) groups is 3. The van der Waals surface area contributed by atoms with Gasteiger partial charge in [0.25, 0.3) is 5.56 Å². The molecule has 0 bridgehead atoms. The molecule has 0 aliphatic carbocycles. The normalized spacial score (nSPS) is 11.0.